The number of carbonyl (C=O) groups excluding carboxylic acids is 1. The Labute approximate surface area is 78.6 Å². The van der Waals surface area contributed by atoms with Crippen LogP contribution in [0.2, 0.25) is 0 Å². The second-order valence-electron chi connectivity index (χ2n) is 3.53. The molecule has 4 nitrogen and oxygen atoms in total. The fourth-order valence-corrected chi connectivity index (χ4v) is 1.45. The van der Waals surface area contributed by atoms with E-state index in [1.54, 1.807) is 4.90 Å². The van der Waals surface area contributed by atoms with Crippen molar-refractivity contribution in [1.82, 2.24) is 4.90 Å². The van der Waals surface area contributed by atoms with E-state index in [0.717, 1.165) is 0 Å². The molecule has 0 N–H and O–H groups in total. The molecule has 0 aliphatic carbocycles. The standard InChI is InChI=1S/C9H16N2O2/c1-7(2)8-6-13-9(12)11(8)5-4-10-3/h7-8H,3-6H2,1-2H3. The van der Waals surface area contributed by atoms with Gasteiger partial charge < -0.3 is 4.74 Å². The molecule has 1 heterocycles. The molecule has 1 fully saturated rings. The van der Waals surface area contributed by atoms with Gasteiger partial charge in [0.15, 0.2) is 0 Å². The van der Waals surface area contributed by atoms with Crippen molar-refractivity contribution in [3.63, 3.8) is 0 Å². The summed E-state index contributed by atoms with van der Waals surface area (Å²) >= 11 is 0. The summed E-state index contributed by atoms with van der Waals surface area (Å²) in [5, 5.41) is 0. The lowest BCUT2D eigenvalue weighted by molar-refractivity contribution is 0.157. The van der Waals surface area contributed by atoms with Crippen molar-refractivity contribution in [3.8, 4) is 0 Å². The van der Waals surface area contributed by atoms with E-state index in [-0.39, 0.29) is 12.1 Å². The van der Waals surface area contributed by atoms with Crippen LogP contribution in [0.1, 0.15) is 13.8 Å². The molecule has 74 valence electrons. The van der Waals surface area contributed by atoms with Crippen molar-refractivity contribution in [2.24, 2.45) is 10.9 Å². The molecule has 1 aliphatic rings. The summed E-state index contributed by atoms with van der Waals surface area (Å²) in [6, 6.07) is 0.203. The van der Waals surface area contributed by atoms with Gasteiger partial charge in [-0.25, -0.2) is 4.79 Å². The zero-order valence-electron chi connectivity index (χ0n) is 8.19. The number of cyclic esters (lactones) is 1. The first-order chi connectivity index (χ1) is 6.16. The minimum atomic E-state index is -0.220. The van der Waals surface area contributed by atoms with Crippen LogP contribution in [0.4, 0.5) is 4.79 Å². The molecular weight excluding hydrogens is 168 g/mol. The van der Waals surface area contributed by atoms with Gasteiger partial charge in [-0.05, 0) is 12.6 Å². The first kappa shape index (κ1) is 10.0. The van der Waals surface area contributed by atoms with Crippen molar-refractivity contribution in [1.29, 1.82) is 0 Å². The van der Waals surface area contributed by atoms with Gasteiger partial charge in [0.05, 0.1) is 12.6 Å². The van der Waals surface area contributed by atoms with Crippen molar-refractivity contribution >= 4 is 12.8 Å². The normalized spacial score (nSPS) is 22.2. The summed E-state index contributed by atoms with van der Waals surface area (Å²) in [5.41, 5.74) is 0. The quantitative estimate of drug-likeness (QED) is 0.615. The number of nitrogens with zero attached hydrogens (tertiary/aromatic N) is 2. The van der Waals surface area contributed by atoms with E-state index >= 15 is 0 Å². The van der Waals surface area contributed by atoms with Crippen LogP contribution in [0.25, 0.3) is 0 Å². The van der Waals surface area contributed by atoms with Gasteiger partial charge in [-0.3, -0.25) is 9.89 Å². The number of amides is 1. The number of hydrogen-bond donors (Lipinski definition) is 0. The van der Waals surface area contributed by atoms with Crippen LogP contribution in [0.15, 0.2) is 4.99 Å². The lowest BCUT2D eigenvalue weighted by Gasteiger charge is -2.23. The number of rotatable bonds is 4. The third-order valence-corrected chi connectivity index (χ3v) is 2.28. The Hall–Kier alpha value is -1.06. The van der Waals surface area contributed by atoms with Gasteiger partial charge in [0.1, 0.15) is 6.61 Å². The molecule has 1 unspecified atom stereocenters. The second kappa shape index (κ2) is 4.25. The topological polar surface area (TPSA) is 41.9 Å². The van der Waals surface area contributed by atoms with E-state index in [0.29, 0.717) is 25.6 Å². The summed E-state index contributed by atoms with van der Waals surface area (Å²) < 4.78 is 4.96. The minimum absolute atomic E-state index is 0.203. The maximum atomic E-state index is 11.2. The zero-order valence-corrected chi connectivity index (χ0v) is 8.19. The van der Waals surface area contributed by atoms with E-state index in [1.165, 1.54) is 0 Å². The summed E-state index contributed by atoms with van der Waals surface area (Å²) in [5.74, 6) is 0.427. The SMILES string of the molecule is C=NCCN1C(=O)OCC1C(C)C. The minimum Gasteiger partial charge on any atom is -0.447 e. The van der Waals surface area contributed by atoms with Crippen molar-refractivity contribution in [2.75, 3.05) is 19.7 Å². The van der Waals surface area contributed by atoms with Crippen LogP contribution >= 0.6 is 0 Å². The molecule has 13 heavy (non-hydrogen) atoms. The zero-order chi connectivity index (χ0) is 9.84. The highest BCUT2D eigenvalue weighted by Gasteiger charge is 2.34. The van der Waals surface area contributed by atoms with Gasteiger partial charge in [-0.2, -0.15) is 0 Å². The number of aliphatic imine (C=N–C) groups is 1. The highest BCUT2D eigenvalue weighted by Crippen LogP contribution is 2.18. The maximum absolute atomic E-state index is 11.2. The second-order valence-corrected chi connectivity index (χ2v) is 3.53. The molecule has 1 atom stereocenters. The van der Waals surface area contributed by atoms with Crippen molar-refractivity contribution in [2.45, 2.75) is 19.9 Å². The molecule has 1 rings (SSSR count). The van der Waals surface area contributed by atoms with Gasteiger partial charge in [0, 0.05) is 6.54 Å². The summed E-state index contributed by atoms with van der Waals surface area (Å²) in [4.78, 5) is 16.7. The lowest BCUT2D eigenvalue weighted by Crippen LogP contribution is -2.38. The molecular formula is C9H16N2O2. The van der Waals surface area contributed by atoms with E-state index in [1.807, 2.05) is 0 Å². The van der Waals surface area contributed by atoms with Gasteiger partial charge in [-0.1, -0.05) is 13.8 Å². The molecule has 0 saturated carbocycles. The molecule has 0 bridgehead atoms. The molecule has 0 spiro atoms. The Morgan fingerprint density at radius 2 is 2.46 bits per heavy atom. The van der Waals surface area contributed by atoms with Crippen molar-refractivity contribution in [3.05, 3.63) is 0 Å². The molecule has 1 aliphatic heterocycles. The van der Waals surface area contributed by atoms with E-state index < -0.39 is 0 Å². The molecule has 0 aromatic rings. The lowest BCUT2D eigenvalue weighted by atomic mass is 10.1. The number of carbonyl (C=O) groups is 1. The average molecular weight is 184 g/mol. The molecule has 4 heteroatoms. The van der Waals surface area contributed by atoms with E-state index in [4.69, 9.17) is 4.74 Å². The highest BCUT2D eigenvalue weighted by atomic mass is 16.6. The van der Waals surface area contributed by atoms with Crippen LogP contribution < -0.4 is 0 Å². The summed E-state index contributed by atoms with van der Waals surface area (Å²) in [6.45, 7) is 9.26. The molecule has 0 aromatic heterocycles. The monoisotopic (exact) mass is 184 g/mol. The first-order valence-electron chi connectivity index (χ1n) is 4.52. The number of hydrogen-bond acceptors (Lipinski definition) is 3. The molecule has 0 aromatic carbocycles. The van der Waals surface area contributed by atoms with Crippen LogP contribution in [0.3, 0.4) is 0 Å². The number of ether oxygens (including phenoxy) is 1. The van der Waals surface area contributed by atoms with Gasteiger partial charge in [-0.15, -0.1) is 0 Å². The Bertz CT molecular complexity index is 204. The fraction of sp³-hybridized carbons (Fsp3) is 0.778. The van der Waals surface area contributed by atoms with Gasteiger partial charge >= 0.3 is 6.09 Å². The third kappa shape index (κ3) is 2.20. The predicted molar refractivity (Wildman–Crippen MR) is 51.1 cm³/mol. The highest BCUT2D eigenvalue weighted by molar-refractivity contribution is 5.70. The van der Waals surface area contributed by atoms with Crippen molar-refractivity contribution < 1.29 is 9.53 Å². The molecule has 1 amide bonds. The van der Waals surface area contributed by atoms with Crippen LogP contribution in [0, 0.1) is 5.92 Å². The maximum Gasteiger partial charge on any atom is 0.410 e. The first-order valence-corrected chi connectivity index (χ1v) is 4.52. The van der Waals surface area contributed by atoms with Gasteiger partial charge in [0.2, 0.25) is 0 Å². The van der Waals surface area contributed by atoms with Gasteiger partial charge in [0.25, 0.3) is 0 Å². The largest absolute Gasteiger partial charge is 0.447 e. The van der Waals surface area contributed by atoms with Crippen LogP contribution in [-0.4, -0.2) is 43.4 Å². The Morgan fingerprint density at radius 3 is 3.00 bits per heavy atom. The van der Waals surface area contributed by atoms with Crippen LogP contribution in [-0.2, 0) is 4.74 Å². The smallest absolute Gasteiger partial charge is 0.410 e. The Kier molecular flexibility index (Phi) is 3.28. The molecule has 1 saturated heterocycles. The molecule has 0 radical (unpaired) electrons. The average Bonchev–Trinajstić information content (AvgIpc) is 2.43. The summed E-state index contributed by atoms with van der Waals surface area (Å²) in [7, 11) is 0. The Balaban J connectivity index is 2.54. The predicted octanol–water partition coefficient (Wildman–Crippen LogP) is 1.16. The van der Waals surface area contributed by atoms with Crippen LogP contribution in [0.5, 0.6) is 0 Å². The summed E-state index contributed by atoms with van der Waals surface area (Å²) in [6.07, 6.45) is -0.220. The fourth-order valence-electron chi connectivity index (χ4n) is 1.45. The third-order valence-electron chi connectivity index (χ3n) is 2.28. The van der Waals surface area contributed by atoms with E-state index in [2.05, 4.69) is 25.6 Å². The Morgan fingerprint density at radius 1 is 1.77 bits per heavy atom. The van der Waals surface area contributed by atoms with E-state index in [9.17, 15) is 4.79 Å².